The summed E-state index contributed by atoms with van der Waals surface area (Å²) in [6.07, 6.45) is 3.15. The fourth-order valence-corrected chi connectivity index (χ4v) is 3.22. The normalized spacial score (nSPS) is 17.7. The van der Waals surface area contributed by atoms with Crippen molar-refractivity contribution in [3.05, 3.63) is 28.3 Å². The number of carbonyl (C=O) groups is 1. The minimum absolute atomic E-state index is 0.526. The first-order valence-electron chi connectivity index (χ1n) is 6.09. The van der Waals surface area contributed by atoms with Gasteiger partial charge in [0.1, 0.15) is 5.75 Å². The summed E-state index contributed by atoms with van der Waals surface area (Å²) in [7, 11) is 1.59. The predicted molar refractivity (Wildman–Crippen MR) is 70.5 cm³/mol. The summed E-state index contributed by atoms with van der Waals surface area (Å²) in [5.74, 6) is -0.0882. The SMILES string of the molecule is COc1cc(C2(C(=O)O)CCCC2)c(Cl)cc1C. The minimum atomic E-state index is -0.835. The van der Waals surface area contributed by atoms with Gasteiger partial charge in [-0.2, -0.15) is 0 Å². The summed E-state index contributed by atoms with van der Waals surface area (Å²) in [5, 5.41) is 10.1. The zero-order chi connectivity index (χ0) is 13.3. The molecule has 0 aliphatic heterocycles. The first-order valence-corrected chi connectivity index (χ1v) is 6.47. The molecule has 1 saturated carbocycles. The maximum absolute atomic E-state index is 11.7. The molecule has 0 radical (unpaired) electrons. The highest BCUT2D eigenvalue weighted by Crippen LogP contribution is 2.45. The molecule has 1 aliphatic carbocycles. The van der Waals surface area contributed by atoms with Gasteiger partial charge in [0, 0.05) is 5.02 Å². The zero-order valence-corrected chi connectivity index (χ0v) is 11.4. The second-order valence-corrected chi connectivity index (χ2v) is 5.30. The standard InChI is InChI=1S/C14H17ClO3/c1-9-7-11(15)10(8-12(9)18-2)14(13(16)17)5-3-4-6-14/h7-8H,3-6H2,1-2H3,(H,16,17). The Kier molecular flexibility index (Phi) is 3.53. The predicted octanol–water partition coefficient (Wildman–Crippen LogP) is 3.55. The highest BCUT2D eigenvalue weighted by Gasteiger charge is 2.44. The van der Waals surface area contributed by atoms with Crippen molar-refractivity contribution in [2.45, 2.75) is 38.0 Å². The lowest BCUT2D eigenvalue weighted by molar-refractivity contribution is -0.143. The summed E-state index contributed by atoms with van der Waals surface area (Å²) in [6, 6.07) is 3.58. The lowest BCUT2D eigenvalue weighted by Crippen LogP contribution is -2.33. The smallest absolute Gasteiger partial charge is 0.314 e. The van der Waals surface area contributed by atoms with E-state index in [0.717, 1.165) is 18.4 Å². The van der Waals surface area contributed by atoms with E-state index in [-0.39, 0.29) is 0 Å². The van der Waals surface area contributed by atoms with Crippen LogP contribution in [0.15, 0.2) is 12.1 Å². The molecule has 0 heterocycles. The third kappa shape index (κ3) is 1.97. The molecule has 1 N–H and O–H groups in total. The van der Waals surface area contributed by atoms with Gasteiger partial charge in [-0.05, 0) is 43.0 Å². The Morgan fingerprint density at radius 3 is 2.50 bits per heavy atom. The molecule has 0 aromatic heterocycles. The molecule has 1 aromatic rings. The fourth-order valence-electron chi connectivity index (χ4n) is 2.82. The number of hydrogen-bond donors (Lipinski definition) is 1. The van der Waals surface area contributed by atoms with Crippen molar-refractivity contribution in [2.75, 3.05) is 7.11 Å². The number of carboxylic acid groups (broad SMARTS) is 1. The van der Waals surface area contributed by atoms with Crippen LogP contribution >= 0.6 is 11.6 Å². The Morgan fingerprint density at radius 1 is 1.39 bits per heavy atom. The molecule has 0 bridgehead atoms. The number of ether oxygens (including phenoxy) is 1. The Bertz CT molecular complexity index is 476. The molecule has 3 nitrogen and oxygen atoms in total. The Labute approximate surface area is 112 Å². The number of hydrogen-bond acceptors (Lipinski definition) is 2. The Hall–Kier alpha value is -1.22. The van der Waals surface area contributed by atoms with Gasteiger partial charge in [-0.3, -0.25) is 4.79 Å². The van der Waals surface area contributed by atoms with E-state index in [4.69, 9.17) is 16.3 Å². The second kappa shape index (κ2) is 4.81. The van der Waals surface area contributed by atoms with Crippen LogP contribution in [-0.2, 0) is 10.2 Å². The van der Waals surface area contributed by atoms with E-state index in [2.05, 4.69) is 0 Å². The maximum Gasteiger partial charge on any atom is 0.314 e. The van der Waals surface area contributed by atoms with Crippen LogP contribution in [0.25, 0.3) is 0 Å². The van der Waals surface area contributed by atoms with E-state index in [1.807, 2.05) is 6.92 Å². The third-order valence-corrected chi connectivity index (χ3v) is 4.18. The molecule has 0 spiro atoms. The van der Waals surface area contributed by atoms with Gasteiger partial charge >= 0.3 is 5.97 Å². The Morgan fingerprint density at radius 2 is 2.00 bits per heavy atom. The van der Waals surface area contributed by atoms with E-state index >= 15 is 0 Å². The summed E-state index contributed by atoms with van der Waals surface area (Å²) in [4.78, 5) is 11.7. The van der Waals surface area contributed by atoms with Crippen LogP contribution in [0.1, 0.15) is 36.8 Å². The summed E-state index contributed by atoms with van der Waals surface area (Å²) >= 11 is 6.25. The molecule has 0 saturated heterocycles. The lowest BCUT2D eigenvalue weighted by Gasteiger charge is -2.26. The van der Waals surface area contributed by atoms with Gasteiger partial charge in [-0.25, -0.2) is 0 Å². The van der Waals surface area contributed by atoms with E-state index in [0.29, 0.717) is 29.2 Å². The van der Waals surface area contributed by atoms with Crippen molar-refractivity contribution in [3.63, 3.8) is 0 Å². The molecular formula is C14H17ClO3. The zero-order valence-electron chi connectivity index (χ0n) is 10.6. The summed E-state index contributed by atoms with van der Waals surface area (Å²) < 4.78 is 5.27. The van der Waals surface area contributed by atoms with E-state index < -0.39 is 11.4 Å². The number of aryl methyl sites for hydroxylation is 1. The topological polar surface area (TPSA) is 46.5 Å². The average Bonchev–Trinajstić information content (AvgIpc) is 2.79. The van der Waals surface area contributed by atoms with Gasteiger partial charge < -0.3 is 9.84 Å². The van der Waals surface area contributed by atoms with Crippen LogP contribution in [0, 0.1) is 6.92 Å². The number of carboxylic acids is 1. The first-order chi connectivity index (χ1) is 8.51. The van der Waals surface area contributed by atoms with Crippen LogP contribution in [0.3, 0.4) is 0 Å². The number of benzene rings is 1. The van der Waals surface area contributed by atoms with Crippen LogP contribution in [-0.4, -0.2) is 18.2 Å². The van der Waals surface area contributed by atoms with Crippen molar-refractivity contribution >= 4 is 17.6 Å². The number of rotatable bonds is 3. The maximum atomic E-state index is 11.7. The summed E-state index contributed by atoms with van der Waals surface area (Å²) in [6.45, 7) is 1.90. The minimum Gasteiger partial charge on any atom is -0.496 e. The van der Waals surface area contributed by atoms with E-state index in [9.17, 15) is 9.90 Å². The molecule has 1 fully saturated rings. The number of aliphatic carboxylic acids is 1. The van der Waals surface area contributed by atoms with Crippen LogP contribution in [0.5, 0.6) is 5.75 Å². The molecule has 18 heavy (non-hydrogen) atoms. The van der Waals surface area contributed by atoms with Crippen LogP contribution < -0.4 is 4.74 Å². The van der Waals surface area contributed by atoms with E-state index in [1.165, 1.54) is 0 Å². The van der Waals surface area contributed by atoms with Crippen LogP contribution in [0.2, 0.25) is 5.02 Å². The molecule has 1 aromatic carbocycles. The molecule has 0 unspecified atom stereocenters. The lowest BCUT2D eigenvalue weighted by atomic mass is 9.78. The van der Waals surface area contributed by atoms with E-state index in [1.54, 1.807) is 19.2 Å². The molecule has 98 valence electrons. The number of halogens is 1. The average molecular weight is 269 g/mol. The Balaban J connectivity index is 2.58. The van der Waals surface area contributed by atoms with Gasteiger partial charge in [-0.1, -0.05) is 24.4 Å². The van der Waals surface area contributed by atoms with Crippen molar-refractivity contribution in [1.82, 2.24) is 0 Å². The highest BCUT2D eigenvalue weighted by atomic mass is 35.5. The van der Waals surface area contributed by atoms with Crippen molar-refractivity contribution < 1.29 is 14.6 Å². The largest absolute Gasteiger partial charge is 0.496 e. The molecule has 0 atom stereocenters. The van der Waals surface area contributed by atoms with Crippen molar-refractivity contribution in [2.24, 2.45) is 0 Å². The molecular weight excluding hydrogens is 252 g/mol. The van der Waals surface area contributed by atoms with Gasteiger partial charge in [0.2, 0.25) is 0 Å². The van der Waals surface area contributed by atoms with Gasteiger partial charge in [-0.15, -0.1) is 0 Å². The first kappa shape index (κ1) is 13.2. The fraction of sp³-hybridized carbons (Fsp3) is 0.500. The van der Waals surface area contributed by atoms with Crippen molar-refractivity contribution in [3.8, 4) is 5.75 Å². The highest BCUT2D eigenvalue weighted by molar-refractivity contribution is 6.32. The third-order valence-electron chi connectivity index (χ3n) is 3.87. The quantitative estimate of drug-likeness (QED) is 0.912. The monoisotopic (exact) mass is 268 g/mol. The van der Waals surface area contributed by atoms with Gasteiger partial charge in [0.05, 0.1) is 12.5 Å². The molecule has 1 aliphatic rings. The molecule has 2 rings (SSSR count). The second-order valence-electron chi connectivity index (χ2n) is 4.90. The molecule has 0 amide bonds. The molecule has 4 heteroatoms. The van der Waals surface area contributed by atoms with Gasteiger partial charge in [0.25, 0.3) is 0 Å². The van der Waals surface area contributed by atoms with Crippen LogP contribution in [0.4, 0.5) is 0 Å². The van der Waals surface area contributed by atoms with Crippen molar-refractivity contribution in [1.29, 1.82) is 0 Å². The summed E-state index contributed by atoms with van der Waals surface area (Å²) in [5.41, 5.74) is 0.777. The van der Waals surface area contributed by atoms with Gasteiger partial charge in [0.15, 0.2) is 0 Å². The number of methoxy groups -OCH3 is 1.